The molecule has 0 fully saturated rings. The van der Waals surface area contributed by atoms with Gasteiger partial charge < -0.3 is 10.3 Å². The summed E-state index contributed by atoms with van der Waals surface area (Å²) < 4.78 is 2.23. The zero-order valence-electron chi connectivity index (χ0n) is 11.7. The Morgan fingerprint density at radius 2 is 1.83 bits per heavy atom. The predicted octanol–water partition coefficient (Wildman–Crippen LogP) is 2.86. The maximum absolute atomic E-state index is 5.51. The highest BCUT2D eigenvalue weighted by Crippen LogP contribution is 2.20. The molecule has 0 spiro atoms. The Hall–Kier alpha value is -1.35. The fourth-order valence-electron chi connectivity index (χ4n) is 2.32. The van der Waals surface area contributed by atoms with Crippen LogP contribution in [0.5, 0.6) is 0 Å². The van der Waals surface area contributed by atoms with Gasteiger partial charge in [-0.1, -0.05) is 6.42 Å². The Balaban J connectivity index is 2.22. The van der Waals surface area contributed by atoms with Crippen molar-refractivity contribution in [1.82, 2.24) is 9.55 Å². The summed E-state index contributed by atoms with van der Waals surface area (Å²) in [5, 5.41) is 0. The first-order valence-electron chi connectivity index (χ1n) is 6.76. The van der Waals surface area contributed by atoms with E-state index in [1.807, 2.05) is 0 Å². The van der Waals surface area contributed by atoms with Crippen molar-refractivity contribution in [3.63, 3.8) is 0 Å². The molecule has 3 nitrogen and oxygen atoms in total. The fraction of sp³-hybridized carbons (Fsp3) is 0.533. The van der Waals surface area contributed by atoms with Crippen LogP contribution >= 0.6 is 0 Å². The molecule has 0 unspecified atom stereocenters. The van der Waals surface area contributed by atoms with Gasteiger partial charge in [0.25, 0.3) is 0 Å². The smallest absolute Gasteiger partial charge is 0.109 e. The van der Waals surface area contributed by atoms with Crippen LogP contribution in [0, 0.1) is 13.8 Å². The quantitative estimate of drug-likeness (QED) is 0.823. The van der Waals surface area contributed by atoms with Crippen molar-refractivity contribution in [2.75, 3.05) is 6.54 Å². The second-order valence-electron chi connectivity index (χ2n) is 5.11. The van der Waals surface area contributed by atoms with Gasteiger partial charge in [0.1, 0.15) is 5.82 Å². The maximum atomic E-state index is 5.51. The van der Waals surface area contributed by atoms with Crippen molar-refractivity contribution in [3.8, 4) is 0 Å². The third-order valence-corrected chi connectivity index (χ3v) is 3.69. The van der Waals surface area contributed by atoms with Crippen LogP contribution in [0.4, 0.5) is 0 Å². The lowest BCUT2D eigenvalue weighted by atomic mass is 10.1. The van der Waals surface area contributed by atoms with E-state index in [9.17, 15) is 0 Å². The summed E-state index contributed by atoms with van der Waals surface area (Å²) in [6.45, 7) is 5.09. The van der Waals surface area contributed by atoms with Crippen LogP contribution in [0.1, 0.15) is 36.2 Å². The molecule has 1 aromatic heterocycles. The van der Waals surface area contributed by atoms with Gasteiger partial charge in [-0.25, -0.2) is 4.98 Å². The van der Waals surface area contributed by atoms with E-state index in [-0.39, 0.29) is 0 Å². The van der Waals surface area contributed by atoms with E-state index in [1.165, 1.54) is 35.3 Å². The molecule has 18 heavy (non-hydrogen) atoms. The molecule has 98 valence electrons. The third kappa shape index (κ3) is 2.56. The molecule has 1 heterocycles. The molecule has 2 rings (SSSR count). The molecule has 0 aliphatic carbocycles. The molecule has 0 amide bonds. The van der Waals surface area contributed by atoms with Gasteiger partial charge in [-0.3, -0.25) is 0 Å². The van der Waals surface area contributed by atoms with E-state index >= 15 is 0 Å². The Labute approximate surface area is 109 Å². The predicted molar refractivity (Wildman–Crippen MR) is 76.8 cm³/mol. The monoisotopic (exact) mass is 245 g/mol. The van der Waals surface area contributed by atoms with Gasteiger partial charge in [-0.05, 0) is 56.5 Å². The Bertz CT molecular complexity index is 540. The molecule has 0 saturated carbocycles. The van der Waals surface area contributed by atoms with Gasteiger partial charge >= 0.3 is 0 Å². The lowest BCUT2D eigenvalue weighted by molar-refractivity contribution is 0.656. The molecular weight excluding hydrogens is 222 g/mol. The Kier molecular flexibility index (Phi) is 4.02. The minimum atomic E-state index is 0.793. The van der Waals surface area contributed by atoms with E-state index in [2.05, 4.69) is 37.6 Å². The molecule has 1 aromatic carbocycles. The molecule has 0 bridgehead atoms. The molecular formula is C15H23N3. The standard InChI is InChI=1S/C15H23N3/c1-11-9-13-14(10-12(11)2)18(3)15(17-13)7-5-4-6-8-16/h9-10H,4-8,16H2,1-3H3. The van der Waals surface area contributed by atoms with Crippen molar-refractivity contribution < 1.29 is 0 Å². The Morgan fingerprint density at radius 3 is 2.56 bits per heavy atom. The average molecular weight is 245 g/mol. The normalized spacial score (nSPS) is 11.3. The number of rotatable bonds is 5. The molecule has 0 radical (unpaired) electrons. The van der Waals surface area contributed by atoms with Gasteiger partial charge in [0.15, 0.2) is 0 Å². The minimum absolute atomic E-state index is 0.793. The number of nitrogens with zero attached hydrogens (tertiary/aromatic N) is 2. The van der Waals surface area contributed by atoms with Crippen LogP contribution < -0.4 is 5.73 Å². The second-order valence-corrected chi connectivity index (χ2v) is 5.11. The van der Waals surface area contributed by atoms with Gasteiger partial charge in [-0.2, -0.15) is 0 Å². The van der Waals surface area contributed by atoms with Crippen molar-refractivity contribution in [2.45, 2.75) is 39.5 Å². The summed E-state index contributed by atoms with van der Waals surface area (Å²) in [6, 6.07) is 4.43. The number of hydrogen-bond donors (Lipinski definition) is 1. The highest BCUT2D eigenvalue weighted by molar-refractivity contribution is 5.78. The highest BCUT2D eigenvalue weighted by Gasteiger charge is 2.08. The largest absolute Gasteiger partial charge is 0.331 e. The highest BCUT2D eigenvalue weighted by atomic mass is 15.1. The molecule has 0 atom stereocenters. The van der Waals surface area contributed by atoms with Crippen LogP contribution in [0.3, 0.4) is 0 Å². The van der Waals surface area contributed by atoms with Crippen LogP contribution in [-0.2, 0) is 13.5 Å². The first-order valence-corrected chi connectivity index (χ1v) is 6.76. The SMILES string of the molecule is Cc1cc2nc(CCCCCN)n(C)c2cc1C. The summed E-state index contributed by atoms with van der Waals surface area (Å²) in [5.41, 5.74) is 10.5. The summed E-state index contributed by atoms with van der Waals surface area (Å²) in [6.07, 6.45) is 4.52. The van der Waals surface area contributed by atoms with Gasteiger partial charge in [-0.15, -0.1) is 0 Å². The maximum Gasteiger partial charge on any atom is 0.109 e. The van der Waals surface area contributed by atoms with Crippen LogP contribution in [0.25, 0.3) is 11.0 Å². The van der Waals surface area contributed by atoms with Crippen LogP contribution in [-0.4, -0.2) is 16.1 Å². The fourth-order valence-corrected chi connectivity index (χ4v) is 2.32. The van der Waals surface area contributed by atoms with Crippen molar-refractivity contribution in [2.24, 2.45) is 12.8 Å². The van der Waals surface area contributed by atoms with Gasteiger partial charge in [0.05, 0.1) is 11.0 Å². The van der Waals surface area contributed by atoms with E-state index in [1.54, 1.807) is 0 Å². The number of hydrogen-bond acceptors (Lipinski definition) is 2. The number of benzene rings is 1. The summed E-state index contributed by atoms with van der Waals surface area (Å²) in [4.78, 5) is 4.74. The number of nitrogens with two attached hydrogens (primary N) is 1. The number of aryl methyl sites for hydroxylation is 4. The zero-order chi connectivity index (χ0) is 13.1. The van der Waals surface area contributed by atoms with Gasteiger partial charge in [0, 0.05) is 13.5 Å². The van der Waals surface area contributed by atoms with Crippen LogP contribution in [0.2, 0.25) is 0 Å². The second kappa shape index (κ2) is 5.53. The molecule has 2 aromatic rings. The summed E-state index contributed by atoms with van der Waals surface area (Å²) in [5.74, 6) is 1.19. The number of aromatic nitrogens is 2. The third-order valence-electron chi connectivity index (χ3n) is 3.69. The van der Waals surface area contributed by atoms with E-state index in [0.717, 1.165) is 24.9 Å². The summed E-state index contributed by atoms with van der Waals surface area (Å²) >= 11 is 0. The number of imidazole rings is 1. The zero-order valence-corrected chi connectivity index (χ0v) is 11.7. The molecule has 0 aliphatic heterocycles. The van der Waals surface area contributed by atoms with Crippen molar-refractivity contribution in [1.29, 1.82) is 0 Å². The molecule has 2 N–H and O–H groups in total. The van der Waals surface area contributed by atoms with Crippen LogP contribution in [0.15, 0.2) is 12.1 Å². The number of unbranched alkanes of at least 4 members (excludes halogenated alkanes) is 2. The summed E-state index contributed by atoms with van der Waals surface area (Å²) in [7, 11) is 2.11. The van der Waals surface area contributed by atoms with E-state index in [4.69, 9.17) is 10.7 Å². The van der Waals surface area contributed by atoms with E-state index in [0.29, 0.717) is 0 Å². The lowest BCUT2D eigenvalue weighted by Gasteiger charge is -2.03. The van der Waals surface area contributed by atoms with E-state index < -0.39 is 0 Å². The molecule has 0 saturated heterocycles. The topological polar surface area (TPSA) is 43.8 Å². The number of fused-ring (bicyclic) bond motifs is 1. The lowest BCUT2D eigenvalue weighted by Crippen LogP contribution is -2.01. The Morgan fingerprint density at radius 1 is 1.11 bits per heavy atom. The van der Waals surface area contributed by atoms with Crippen molar-refractivity contribution in [3.05, 3.63) is 29.1 Å². The van der Waals surface area contributed by atoms with Crippen molar-refractivity contribution >= 4 is 11.0 Å². The van der Waals surface area contributed by atoms with Gasteiger partial charge in [0.2, 0.25) is 0 Å². The molecule has 3 heteroatoms. The first kappa shape index (κ1) is 13.1. The average Bonchev–Trinajstić information content (AvgIpc) is 2.63. The minimum Gasteiger partial charge on any atom is -0.331 e. The first-order chi connectivity index (χ1) is 8.63. The molecule has 0 aliphatic rings.